The van der Waals surface area contributed by atoms with Crippen molar-refractivity contribution in [2.24, 2.45) is 0 Å². The molecule has 0 saturated heterocycles. The minimum absolute atomic E-state index is 0.137. The molecule has 112 valence electrons. The van der Waals surface area contributed by atoms with E-state index >= 15 is 0 Å². The number of esters is 1. The number of aromatic nitrogens is 3. The molecule has 0 aliphatic carbocycles. The Hall–Kier alpha value is -2.24. The van der Waals surface area contributed by atoms with Crippen LogP contribution in [0.25, 0.3) is 11.3 Å². The van der Waals surface area contributed by atoms with Crippen molar-refractivity contribution in [3.8, 4) is 11.3 Å². The quantitative estimate of drug-likeness (QED) is 0.816. The lowest BCUT2D eigenvalue weighted by molar-refractivity contribution is 0.0520. The molecule has 1 aromatic carbocycles. The van der Waals surface area contributed by atoms with Gasteiger partial charge in [0.25, 0.3) is 0 Å². The van der Waals surface area contributed by atoms with Gasteiger partial charge in [-0.05, 0) is 52.0 Å². The van der Waals surface area contributed by atoms with Gasteiger partial charge in [-0.15, -0.1) is 5.10 Å². The Balaban J connectivity index is 2.61. The highest BCUT2D eigenvalue weighted by atomic mass is 19.1. The molecule has 0 aliphatic rings. The average Bonchev–Trinajstić information content (AvgIpc) is 2.84. The highest BCUT2D eigenvalue weighted by Crippen LogP contribution is 2.28. The first-order valence-corrected chi connectivity index (χ1v) is 6.74. The van der Waals surface area contributed by atoms with Crippen LogP contribution in [0.2, 0.25) is 0 Å². The Labute approximate surface area is 122 Å². The molecule has 21 heavy (non-hydrogen) atoms. The lowest BCUT2D eigenvalue weighted by atomic mass is 10.1. The molecule has 5 nitrogen and oxygen atoms in total. The lowest BCUT2D eigenvalue weighted by Gasteiger charge is -2.21. The van der Waals surface area contributed by atoms with Crippen LogP contribution >= 0.6 is 0 Å². The zero-order valence-corrected chi connectivity index (χ0v) is 12.6. The van der Waals surface area contributed by atoms with Crippen molar-refractivity contribution in [3.63, 3.8) is 0 Å². The van der Waals surface area contributed by atoms with E-state index in [1.807, 2.05) is 20.8 Å². The van der Waals surface area contributed by atoms with Crippen molar-refractivity contribution in [1.82, 2.24) is 15.0 Å². The third kappa shape index (κ3) is 3.09. The van der Waals surface area contributed by atoms with Gasteiger partial charge in [0.2, 0.25) is 0 Å². The zero-order chi connectivity index (χ0) is 15.6. The number of halogens is 1. The van der Waals surface area contributed by atoms with Crippen LogP contribution in [0.15, 0.2) is 24.3 Å². The van der Waals surface area contributed by atoms with Gasteiger partial charge in [0, 0.05) is 5.56 Å². The molecule has 0 radical (unpaired) electrons. The molecule has 0 spiro atoms. The molecule has 0 fully saturated rings. The third-order valence-electron chi connectivity index (χ3n) is 2.89. The van der Waals surface area contributed by atoms with Gasteiger partial charge in [0.05, 0.1) is 12.1 Å². The molecular weight excluding hydrogens is 273 g/mol. The zero-order valence-electron chi connectivity index (χ0n) is 12.6. The van der Waals surface area contributed by atoms with Gasteiger partial charge >= 0.3 is 5.97 Å². The van der Waals surface area contributed by atoms with Crippen molar-refractivity contribution in [2.75, 3.05) is 6.61 Å². The SMILES string of the molecule is CCOC(=O)c1nnn(C(C)(C)C)c1-c1ccc(F)cc1. The van der Waals surface area contributed by atoms with Crippen LogP contribution in [0.5, 0.6) is 0 Å². The summed E-state index contributed by atoms with van der Waals surface area (Å²) in [6, 6.07) is 5.87. The fourth-order valence-corrected chi connectivity index (χ4v) is 1.96. The number of carbonyl (C=O) groups excluding carboxylic acids is 1. The molecule has 2 aromatic rings. The Bertz CT molecular complexity index is 642. The predicted molar refractivity (Wildman–Crippen MR) is 76.4 cm³/mol. The normalized spacial score (nSPS) is 11.5. The molecule has 0 N–H and O–H groups in total. The van der Waals surface area contributed by atoms with Crippen molar-refractivity contribution < 1.29 is 13.9 Å². The summed E-state index contributed by atoms with van der Waals surface area (Å²) in [6.45, 7) is 7.82. The number of benzene rings is 1. The summed E-state index contributed by atoms with van der Waals surface area (Å²) in [5.74, 6) is -0.876. The first-order valence-electron chi connectivity index (χ1n) is 6.74. The number of ether oxygens (including phenoxy) is 1. The second kappa shape index (κ2) is 5.63. The number of hydrogen-bond acceptors (Lipinski definition) is 4. The van der Waals surface area contributed by atoms with E-state index in [9.17, 15) is 9.18 Å². The molecule has 1 heterocycles. The fraction of sp³-hybridized carbons (Fsp3) is 0.400. The van der Waals surface area contributed by atoms with Gasteiger partial charge in [0.15, 0.2) is 5.69 Å². The standard InChI is InChI=1S/C15H18FN3O2/c1-5-21-14(20)12-13(10-6-8-11(16)9-7-10)19(18-17-12)15(2,3)4/h6-9H,5H2,1-4H3. The fourth-order valence-electron chi connectivity index (χ4n) is 1.96. The van der Waals surface area contributed by atoms with Crippen molar-refractivity contribution in [1.29, 1.82) is 0 Å². The Morgan fingerprint density at radius 2 is 1.90 bits per heavy atom. The molecule has 0 atom stereocenters. The van der Waals surface area contributed by atoms with Crippen LogP contribution in [0.3, 0.4) is 0 Å². The van der Waals surface area contributed by atoms with E-state index in [0.717, 1.165) is 0 Å². The maximum absolute atomic E-state index is 13.1. The highest BCUT2D eigenvalue weighted by molar-refractivity contribution is 5.94. The second-order valence-electron chi connectivity index (χ2n) is 5.60. The molecule has 0 aliphatic heterocycles. The van der Waals surface area contributed by atoms with E-state index in [-0.39, 0.29) is 23.7 Å². The molecule has 0 saturated carbocycles. The predicted octanol–water partition coefficient (Wildman–Crippen LogP) is 3.02. The van der Waals surface area contributed by atoms with E-state index in [1.165, 1.54) is 12.1 Å². The minimum atomic E-state index is -0.535. The number of hydrogen-bond donors (Lipinski definition) is 0. The summed E-state index contributed by atoms with van der Waals surface area (Å²) in [7, 11) is 0. The van der Waals surface area contributed by atoms with E-state index in [1.54, 1.807) is 23.7 Å². The van der Waals surface area contributed by atoms with Gasteiger partial charge in [-0.2, -0.15) is 0 Å². The number of carbonyl (C=O) groups is 1. The highest BCUT2D eigenvalue weighted by Gasteiger charge is 2.27. The molecule has 6 heteroatoms. The molecule has 1 aromatic heterocycles. The first-order chi connectivity index (χ1) is 9.84. The minimum Gasteiger partial charge on any atom is -0.461 e. The Kier molecular flexibility index (Phi) is 4.06. The van der Waals surface area contributed by atoms with Gasteiger partial charge in [-0.3, -0.25) is 0 Å². The molecule has 0 bridgehead atoms. The largest absolute Gasteiger partial charge is 0.461 e. The van der Waals surface area contributed by atoms with Crippen LogP contribution in [0, 0.1) is 5.82 Å². The number of rotatable bonds is 3. The summed E-state index contributed by atoms with van der Waals surface area (Å²) in [5, 5.41) is 8.01. The van der Waals surface area contributed by atoms with Crippen molar-refractivity contribution in [2.45, 2.75) is 33.2 Å². The Morgan fingerprint density at radius 1 is 1.29 bits per heavy atom. The molecule has 2 rings (SSSR count). The smallest absolute Gasteiger partial charge is 0.361 e. The van der Waals surface area contributed by atoms with Gasteiger partial charge in [-0.25, -0.2) is 13.9 Å². The topological polar surface area (TPSA) is 57.0 Å². The van der Waals surface area contributed by atoms with Gasteiger partial charge in [-0.1, -0.05) is 5.21 Å². The van der Waals surface area contributed by atoms with Crippen molar-refractivity contribution >= 4 is 5.97 Å². The van der Waals surface area contributed by atoms with E-state index in [0.29, 0.717) is 11.3 Å². The maximum atomic E-state index is 13.1. The van der Waals surface area contributed by atoms with E-state index in [4.69, 9.17) is 4.74 Å². The van der Waals surface area contributed by atoms with Gasteiger partial charge in [0.1, 0.15) is 11.5 Å². The van der Waals surface area contributed by atoms with Crippen LogP contribution in [0.1, 0.15) is 38.2 Å². The third-order valence-corrected chi connectivity index (χ3v) is 2.89. The molecule has 0 unspecified atom stereocenters. The lowest BCUT2D eigenvalue weighted by Crippen LogP contribution is -2.24. The first kappa shape index (κ1) is 15.2. The summed E-state index contributed by atoms with van der Waals surface area (Å²) in [4.78, 5) is 12.0. The van der Waals surface area contributed by atoms with Crippen LogP contribution in [0.4, 0.5) is 4.39 Å². The van der Waals surface area contributed by atoms with Crippen molar-refractivity contribution in [3.05, 3.63) is 35.8 Å². The van der Waals surface area contributed by atoms with Crippen LogP contribution < -0.4 is 0 Å². The van der Waals surface area contributed by atoms with Gasteiger partial charge < -0.3 is 4.74 Å². The summed E-state index contributed by atoms with van der Waals surface area (Å²) in [6.07, 6.45) is 0. The maximum Gasteiger partial charge on any atom is 0.361 e. The second-order valence-corrected chi connectivity index (χ2v) is 5.60. The summed E-state index contributed by atoms with van der Waals surface area (Å²) < 4.78 is 19.8. The monoisotopic (exact) mass is 291 g/mol. The summed E-state index contributed by atoms with van der Waals surface area (Å²) >= 11 is 0. The van der Waals surface area contributed by atoms with Crippen LogP contribution in [-0.4, -0.2) is 27.6 Å². The van der Waals surface area contributed by atoms with E-state index in [2.05, 4.69) is 10.3 Å². The van der Waals surface area contributed by atoms with Crippen LogP contribution in [-0.2, 0) is 10.3 Å². The molecular formula is C15H18FN3O2. The Morgan fingerprint density at radius 3 is 2.43 bits per heavy atom. The summed E-state index contributed by atoms with van der Waals surface area (Å²) in [5.41, 5.74) is 0.959. The number of nitrogens with zero attached hydrogens (tertiary/aromatic N) is 3. The molecule has 0 amide bonds. The average molecular weight is 291 g/mol. The van der Waals surface area contributed by atoms with E-state index < -0.39 is 5.97 Å².